The van der Waals surface area contributed by atoms with Crippen molar-refractivity contribution in [3.63, 3.8) is 0 Å². The summed E-state index contributed by atoms with van der Waals surface area (Å²) in [6.45, 7) is 3.34. The number of nitriles is 1. The van der Waals surface area contributed by atoms with Crippen molar-refractivity contribution < 1.29 is 9.59 Å². The van der Waals surface area contributed by atoms with Gasteiger partial charge in [0.1, 0.15) is 23.4 Å². The highest BCUT2D eigenvalue weighted by Crippen LogP contribution is 2.53. The van der Waals surface area contributed by atoms with Gasteiger partial charge in [0, 0.05) is 45.3 Å². The Bertz CT molecular complexity index is 932. The predicted octanol–water partition coefficient (Wildman–Crippen LogP) is 0.778. The second-order valence-corrected chi connectivity index (χ2v) is 9.02. The van der Waals surface area contributed by atoms with Crippen LogP contribution in [0.5, 0.6) is 0 Å². The molecule has 3 fully saturated rings. The molecule has 0 atom stereocenters. The summed E-state index contributed by atoms with van der Waals surface area (Å²) in [5.41, 5.74) is 0.0866. The number of hydrogen-bond acceptors (Lipinski definition) is 7. The number of carbonyl (C=O) groups excluding carboxylic acids is 2. The Hall–Kier alpha value is -2.89. The lowest BCUT2D eigenvalue weighted by Gasteiger charge is -2.44. The minimum atomic E-state index is -0.901. The summed E-state index contributed by atoms with van der Waals surface area (Å²) in [5.74, 6) is 1.77. The van der Waals surface area contributed by atoms with Gasteiger partial charge in [-0.25, -0.2) is 9.97 Å². The van der Waals surface area contributed by atoms with Gasteiger partial charge in [-0.15, -0.1) is 0 Å². The van der Waals surface area contributed by atoms with E-state index in [0.717, 1.165) is 44.0 Å². The number of piperazine rings is 1. The Kier molecular flexibility index (Phi) is 4.34. The van der Waals surface area contributed by atoms with Gasteiger partial charge < -0.3 is 20.0 Å². The van der Waals surface area contributed by atoms with Crippen LogP contribution in [0, 0.1) is 16.7 Å². The normalized spacial score (nSPS) is 22.1. The van der Waals surface area contributed by atoms with Crippen LogP contribution in [0.15, 0.2) is 6.33 Å². The maximum Gasteiger partial charge on any atom is 0.238 e. The Morgan fingerprint density at radius 2 is 2.07 bits per heavy atom. The minimum absolute atomic E-state index is 0.0111. The van der Waals surface area contributed by atoms with Crippen LogP contribution in [0.4, 0.5) is 11.6 Å². The van der Waals surface area contributed by atoms with Crippen molar-refractivity contribution in [3.8, 4) is 6.07 Å². The third-order valence-corrected chi connectivity index (χ3v) is 7.09. The van der Waals surface area contributed by atoms with Crippen LogP contribution in [0.3, 0.4) is 0 Å². The number of nitrogens with zero attached hydrogens (tertiary/aromatic N) is 6. The number of carbonyl (C=O) groups is 2. The molecule has 0 radical (unpaired) electrons. The highest BCUT2D eigenvalue weighted by molar-refractivity contribution is 6.08. The zero-order valence-electron chi connectivity index (χ0n) is 17.4. The lowest BCUT2D eigenvalue weighted by Crippen LogP contribution is -2.60. The standard InChI is InChI=1S/C21H27N7O2/c1-26(10-2-8-22)18(29)21(6-7-21)19(30)28-12-11-27(13-20(28)4-5-20)17-15-3-9-23-16(15)24-14-25-17/h14H,2-7,9-13H2,1H3,(H,23,24,25). The van der Waals surface area contributed by atoms with Crippen LogP contribution in [0.25, 0.3) is 0 Å². The van der Waals surface area contributed by atoms with Gasteiger partial charge >= 0.3 is 0 Å². The molecule has 0 bridgehead atoms. The van der Waals surface area contributed by atoms with Crippen LogP contribution >= 0.6 is 0 Å². The highest BCUT2D eigenvalue weighted by atomic mass is 16.2. The molecule has 1 N–H and O–H groups in total. The van der Waals surface area contributed by atoms with Crippen LogP contribution in [0.2, 0.25) is 0 Å². The topological polar surface area (TPSA) is 105 Å². The van der Waals surface area contributed by atoms with E-state index in [1.54, 1.807) is 18.3 Å². The first-order valence-corrected chi connectivity index (χ1v) is 10.8. The van der Waals surface area contributed by atoms with E-state index in [0.29, 0.717) is 32.5 Å². The van der Waals surface area contributed by atoms with Crippen molar-refractivity contribution in [2.75, 3.05) is 50.0 Å². The van der Waals surface area contributed by atoms with Gasteiger partial charge in [-0.2, -0.15) is 5.26 Å². The van der Waals surface area contributed by atoms with Gasteiger partial charge in [-0.3, -0.25) is 9.59 Å². The summed E-state index contributed by atoms with van der Waals surface area (Å²) < 4.78 is 0. The number of hydrogen-bond donors (Lipinski definition) is 1. The molecular weight excluding hydrogens is 382 g/mol. The number of amides is 2. The lowest BCUT2D eigenvalue weighted by atomic mass is 9.99. The number of fused-ring (bicyclic) bond motifs is 1. The first kappa shape index (κ1) is 19.1. The Morgan fingerprint density at radius 3 is 2.77 bits per heavy atom. The first-order chi connectivity index (χ1) is 14.5. The molecule has 5 rings (SSSR count). The molecule has 9 heteroatoms. The molecule has 3 heterocycles. The van der Waals surface area contributed by atoms with Crippen LogP contribution < -0.4 is 10.2 Å². The van der Waals surface area contributed by atoms with Crippen LogP contribution in [0.1, 0.15) is 37.7 Å². The third kappa shape index (κ3) is 2.89. The molecule has 2 aliphatic heterocycles. The number of anilines is 2. The zero-order valence-corrected chi connectivity index (χ0v) is 17.4. The van der Waals surface area contributed by atoms with Crippen molar-refractivity contribution in [3.05, 3.63) is 11.9 Å². The third-order valence-electron chi connectivity index (χ3n) is 7.09. The molecule has 2 saturated carbocycles. The van der Waals surface area contributed by atoms with Gasteiger partial charge in [-0.05, 0) is 32.1 Å². The van der Waals surface area contributed by atoms with Gasteiger partial charge in [0.2, 0.25) is 11.8 Å². The zero-order chi connectivity index (χ0) is 20.9. The Morgan fingerprint density at radius 1 is 1.27 bits per heavy atom. The molecule has 1 spiro atoms. The molecule has 2 amide bonds. The molecule has 1 aromatic heterocycles. The average Bonchev–Trinajstić information content (AvgIpc) is 3.68. The van der Waals surface area contributed by atoms with Crippen molar-refractivity contribution in [2.24, 2.45) is 5.41 Å². The van der Waals surface area contributed by atoms with Crippen LogP contribution in [-0.2, 0) is 16.0 Å². The average molecular weight is 409 g/mol. The van der Waals surface area contributed by atoms with Gasteiger partial charge in [-0.1, -0.05) is 0 Å². The maximum absolute atomic E-state index is 13.5. The Balaban J connectivity index is 1.32. The van der Waals surface area contributed by atoms with E-state index >= 15 is 0 Å². The summed E-state index contributed by atoms with van der Waals surface area (Å²) in [7, 11) is 1.70. The second kappa shape index (κ2) is 6.83. The molecule has 158 valence electrons. The number of nitrogens with one attached hydrogen (secondary N) is 1. The van der Waals surface area contributed by atoms with E-state index in [2.05, 4.69) is 26.3 Å². The monoisotopic (exact) mass is 409 g/mol. The van der Waals surface area contributed by atoms with Crippen LogP contribution in [-0.4, -0.2) is 76.9 Å². The number of rotatable bonds is 5. The molecule has 9 nitrogen and oxygen atoms in total. The predicted molar refractivity (Wildman–Crippen MR) is 110 cm³/mol. The van der Waals surface area contributed by atoms with Crippen molar-refractivity contribution in [2.45, 2.75) is 44.1 Å². The molecule has 2 aliphatic carbocycles. The summed E-state index contributed by atoms with van der Waals surface area (Å²) >= 11 is 0. The molecule has 1 aromatic rings. The fraction of sp³-hybridized carbons (Fsp3) is 0.667. The molecular formula is C21H27N7O2. The summed E-state index contributed by atoms with van der Waals surface area (Å²) in [5, 5.41) is 12.1. The lowest BCUT2D eigenvalue weighted by molar-refractivity contribution is -0.151. The SMILES string of the molecule is CN(CCC#N)C(=O)C1(C(=O)N2CCN(c3ncnc4c3CCN4)CC23CC3)CC1. The fourth-order valence-electron chi connectivity index (χ4n) is 5.00. The van der Waals surface area contributed by atoms with Crippen molar-refractivity contribution in [1.29, 1.82) is 5.26 Å². The molecule has 30 heavy (non-hydrogen) atoms. The summed E-state index contributed by atoms with van der Waals surface area (Å²) in [6.07, 6.45) is 5.98. The van der Waals surface area contributed by atoms with Gasteiger partial charge in [0.25, 0.3) is 0 Å². The number of aromatic nitrogens is 2. The van der Waals surface area contributed by atoms with Gasteiger partial charge in [0.15, 0.2) is 0 Å². The van der Waals surface area contributed by atoms with E-state index < -0.39 is 5.41 Å². The largest absolute Gasteiger partial charge is 0.369 e. The van der Waals surface area contributed by atoms with Crippen molar-refractivity contribution in [1.82, 2.24) is 19.8 Å². The van der Waals surface area contributed by atoms with E-state index in [4.69, 9.17) is 5.26 Å². The second-order valence-electron chi connectivity index (χ2n) is 9.02. The molecule has 0 unspecified atom stereocenters. The van der Waals surface area contributed by atoms with E-state index in [-0.39, 0.29) is 23.8 Å². The van der Waals surface area contributed by atoms with Gasteiger partial charge in [0.05, 0.1) is 18.0 Å². The van der Waals surface area contributed by atoms with E-state index in [9.17, 15) is 9.59 Å². The molecule has 0 aromatic carbocycles. The smallest absolute Gasteiger partial charge is 0.238 e. The van der Waals surface area contributed by atoms with E-state index in [1.807, 2.05) is 4.90 Å². The summed E-state index contributed by atoms with van der Waals surface area (Å²) in [6, 6.07) is 2.07. The summed E-state index contributed by atoms with van der Waals surface area (Å²) in [4.78, 5) is 41.3. The molecule has 4 aliphatic rings. The first-order valence-electron chi connectivity index (χ1n) is 10.8. The molecule has 1 saturated heterocycles. The fourth-order valence-corrected chi connectivity index (χ4v) is 5.00. The highest BCUT2D eigenvalue weighted by Gasteiger charge is 2.64. The Labute approximate surface area is 176 Å². The van der Waals surface area contributed by atoms with Crippen molar-refractivity contribution >= 4 is 23.5 Å². The quantitative estimate of drug-likeness (QED) is 0.717. The van der Waals surface area contributed by atoms with E-state index in [1.165, 1.54) is 5.56 Å². The maximum atomic E-state index is 13.5. The minimum Gasteiger partial charge on any atom is -0.369 e.